The van der Waals surface area contributed by atoms with E-state index in [-0.39, 0.29) is 0 Å². The minimum atomic E-state index is -0.644. The van der Waals surface area contributed by atoms with Crippen LogP contribution in [0.25, 0.3) is 0 Å². The molecule has 0 aromatic rings. The molecule has 0 fully saturated rings. The van der Waals surface area contributed by atoms with Crippen molar-refractivity contribution >= 4 is 0 Å². The molecule has 0 aromatic heterocycles. The number of hydrogen-bond donors (Lipinski definition) is 1. The first kappa shape index (κ1) is 10.7. The zero-order valence-electron chi connectivity index (χ0n) is 7.98. The minimum absolute atomic E-state index is 0.644. The SMILES string of the molecule is C=C(C)C(C)(O)CCCCC. The van der Waals surface area contributed by atoms with E-state index in [1.54, 1.807) is 0 Å². The van der Waals surface area contributed by atoms with Crippen LogP contribution >= 0.6 is 0 Å². The van der Waals surface area contributed by atoms with Gasteiger partial charge in [-0.15, -0.1) is 0 Å². The van der Waals surface area contributed by atoms with Crippen LogP contribution in [0.15, 0.2) is 12.2 Å². The Kier molecular flexibility index (Phi) is 4.43. The van der Waals surface area contributed by atoms with E-state index in [2.05, 4.69) is 13.5 Å². The van der Waals surface area contributed by atoms with E-state index in [9.17, 15) is 5.11 Å². The first-order chi connectivity index (χ1) is 5.00. The summed E-state index contributed by atoms with van der Waals surface area (Å²) in [6.07, 6.45) is 4.34. The summed E-state index contributed by atoms with van der Waals surface area (Å²) in [6, 6.07) is 0. The zero-order valence-corrected chi connectivity index (χ0v) is 7.98. The van der Waals surface area contributed by atoms with E-state index in [0.717, 1.165) is 18.4 Å². The van der Waals surface area contributed by atoms with Gasteiger partial charge in [-0.05, 0) is 25.8 Å². The molecule has 0 aliphatic carbocycles. The molecule has 0 aliphatic heterocycles. The average molecular weight is 156 g/mol. The highest BCUT2D eigenvalue weighted by atomic mass is 16.3. The molecule has 0 amide bonds. The van der Waals surface area contributed by atoms with Crippen molar-refractivity contribution in [1.82, 2.24) is 0 Å². The molecule has 0 aromatic carbocycles. The van der Waals surface area contributed by atoms with Gasteiger partial charge in [-0.2, -0.15) is 0 Å². The summed E-state index contributed by atoms with van der Waals surface area (Å²) >= 11 is 0. The van der Waals surface area contributed by atoms with Gasteiger partial charge in [0.2, 0.25) is 0 Å². The van der Waals surface area contributed by atoms with Crippen molar-refractivity contribution < 1.29 is 5.11 Å². The van der Waals surface area contributed by atoms with E-state index < -0.39 is 5.60 Å². The van der Waals surface area contributed by atoms with Gasteiger partial charge in [-0.1, -0.05) is 32.8 Å². The van der Waals surface area contributed by atoms with Crippen molar-refractivity contribution in [2.24, 2.45) is 0 Å². The van der Waals surface area contributed by atoms with E-state index in [1.165, 1.54) is 12.8 Å². The number of aliphatic hydroxyl groups is 1. The number of hydrogen-bond acceptors (Lipinski definition) is 1. The quantitative estimate of drug-likeness (QED) is 0.479. The Hall–Kier alpha value is -0.300. The smallest absolute Gasteiger partial charge is 0.0823 e. The van der Waals surface area contributed by atoms with Crippen LogP contribution in [0, 0.1) is 0 Å². The molecule has 1 unspecified atom stereocenters. The lowest BCUT2D eigenvalue weighted by Gasteiger charge is -2.23. The monoisotopic (exact) mass is 156 g/mol. The minimum Gasteiger partial charge on any atom is -0.386 e. The Balaban J connectivity index is 3.64. The molecule has 0 saturated heterocycles. The molecular formula is C10H20O. The zero-order chi connectivity index (χ0) is 8.91. The van der Waals surface area contributed by atoms with Crippen LogP contribution in [0.1, 0.15) is 46.5 Å². The van der Waals surface area contributed by atoms with E-state index in [0.29, 0.717) is 0 Å². The largest absolute Gasteiger partial charge is 0.386 e. The molecule has 1 heteroatoms. The summed E-state index contributed by atoms with van der Waals surface area (Å²) in [4.78, 5) is 0. The predicted octanol–water partition coefficient (Wildman–Crippen LogP) is 2.89. The second kappa shape index (κ2) is 4.55. The van der Waals surface area contributed by atoms with E-state index >= 15 is 0 Å². The lowest BCUT2D eigenvalue weighted by atomic mass is 9.92. The van der Waals surface area contributed by atoms with Crippen LogP contribution in [-0.4, -0.2) is 10.7 Å². The third-order valence-corrected chi connectivity index (χ3v) is 2.19. The van der Waals surface area contributed by atoms with Gasteiger partial charge in [0.05, 0.1) is 5.60 Å². The van der Waals surface area contributed by atoms with E-state index in [1.807, 2.05) is 13.8 Å². The van der Waals surface area contributed by atoms with Crippen molar-refractivity contribution in [3.63, 3.8) is 0 Å². The van der Waals surface area contributed by atoms with Gasteiger partial charge in [0, 0.05) is 0 Å². The van der Waals surface area contributed by atoms with E-state index in [4.69, 9.17) is 0 Å². The fraction of sp³-hybridized carbons (Fsp3) is 0.800. The molecular weight excluding hydrogens is 136 g/mol. The van der Waals surface area contributed by atoms with Crippen LogP contribution in [0.5, 0.6) is 0 Å². The Labute approximate surface area is 70.1 Å². The van der Waals surface area contributed by atoms with Gasteiger partial charge in [-0.3, -0.25) is 0 Å². The molecule has 0 saturated carbocycles. The molecule has 0 aliphatic rings. The van der Waals surface area contributed by atoms with Gasteiger partial charge >= 0.3 is 0 Å². The first-order valence-electron chi connectivity index (χ1n) is 4.39. The molecule has 0 spiro atoms. The number of unbranched alkanes of at least 4 members (excludes halogenated alkanes) is 2. The van der Waals surface area contributed by atoms with Gasteiger partial charge in [0.1, 0.15) is 0 Å². The summed E-state index contributed by atoms with van der Waals surface area (Å²) < 4.78 is 0. The maximum atomic E-state index is 9.72. The average Bonchev–Trinajstić information content (AvgIpc) is 1.88. The summed E-state index contributed by atoms with van der Waals surface area (Å²) in [5.41, 5.74) is 0.225. The Morgan fingerprint density at radius 3 is 2.36 bits per heavy atom. The van der Waals surface area contributed by atoms with Crippen LogP contribution in [0.4, 0.5) is 0 Å². The second-order valence-electron chi connectivity index (χ2n) is 3.51. The Bertz CT molecular complexity index is 125. The summed E-state index contributed by atoms with van der Waals surface area (Å²) in [5, 5.41) is 9.72. The summed E-state index contributed by atoms with van der Waals surface area (Å²) in [5.74, 6) is 0. The van der Waals surface area contributed by atoms with Crippen molar-refractivity contribution in [2.75, 3.05) is 0 Å². The van der Waals surface area contributed by atoms with Crippen LogP contribution in [0.3, 0.4) is 0 Å². The van der Waals surface area contributed by atoms with Gasteiger partial charge in [0.15, 0.2) is 0 Å². The van der Waals surface area contributed by atoms with Crippen molar-refractivity contribution in [3.05, 3.63) is 12.2 Å². The lowest BCUT2D eigenvalue weighted by Crippen LogP contribution is -2.24. The number of rotatable bonds is 5. The maximum Gasteiger partial charge on any atom is 0.0823 e. The van der Waals surface area contributed by atoms with Crippen molar-refractivity contribution in [2.45, 2.75) is 52.1 Å². The molecule has 1 N–H and O–H groups in total. The fourth-order valence-corrected chi connectivity index (χ4v) is 0.933. The first-order valence-corrected chi connectivity index (χ1v) is 4.39. The predicted molar refractivity (Wildman–Crippen MR) is 49.6 cm³/mol. The lowest BCUT2D eigenvalue weighted by molar-refractivity contribution is 0.0865. The normalized spacial score (nSPS) is 16.0. The van der Waals surface area contributed by atoms with Crippen molar-refractivity contribution in [1.29, 1.82) is 0 Å². The molecule has 11 heavy (non-hydrogen) atoms. The highest BCUT2D eigenvalue weighted by Crippen LogP contribution is 2.21. The second-order valence-corrected chi connectivity index (χ2v) is 3.51. The molecule has 0 radical (unpaired) electrons. The molecule has 0 bridgehead atoms. The molecule has 1 atom stereocenters. The van der Waals surface area contributed by atoms with Gasteiger partial charge in [-0.25, -0.2) is 0 Å². The van der Waals surface area contributed by atoms with Crippen LogP contribution in [0.2, 0.25) is 0 Å². The molecule has 1 nitrogen and oxygen atoms in total. The van der Waals surface area contributed by atoms with Gasteiger partial charge < -0.3 is 5.11 Å². The highest BCUT2D eigenvalue weighted by Gasteiger charge is 2.19. The molecule has 66 valence electrons. The fourth-order valence-electron chi connectivity index (χ4n) is 0.933. The van der Waals surface area contributed by atoms with Crippen LogP contribution < -0.4 is 0 Å². The summed E-state index contributed by atoms with van der Waals surface area (Å²) in [6.45, 7) is 9.64. The summed E-state index contributed by atoms with van der Waals surface area (Å²) in [7, 11) is 0. The standard InChI is InChI=1S/C10H20O/c1-5-6-7-8-10(4,11)9(2)3/h11H,2,5-8H2,1,3-4H3. The van der Waals surface area contributed by atoms with Crippen molar-refractivity contribution in [3.8, 4) is 0 Å². The third kappa shape index (κ3) is 4.20. The topological polar surface area (TPSA) is 20.2 Å². The van der Waals surface area contributed by atoms with Gasteiger partial charge in [0.25, 0.3) is 0 Å². The highest BCUT2D eigenvalue weighted by molar-refractivity contribution is 5.06. The van der Waals surface area contributed by atoms with Crippen LogP contribution in [-0.2, 0) is 0 Å². The third-order valence-electron chi connectivity index (χ3n) is 2.19. The Morgan fingerprint density at radius 2 is 2.00 bits per heavy atom. The molecule has 0 heterocycles. The maximum absolute atomic E-state index is 9.72. The Morgan fingerprint density at radius 1 is 1.45 bits per heavy atom. The molecule has 0 rings (SSSR count).